The molecule has 1 N–H and O–H groups in total. The zero-order valence-electron chi connectivity index (χ0n) is 90.3. The van der Waals surface area contributed by atoms with Crippen LogP contribution in [0, 0.1) is 81.5 Å². The Morgan fingerprint density at radius 1 is 0.435 bits per heavy atom. The Balaban J connectivity index is 0.000000130. The predicted molar refractivity (Wildman–Crippen MR) is 570 cm³/mol. The van der Waals surface area contributed by atoms with Gasteiger partial charge >= 0.3 is 103 Å². The summed E-state index contributed by atoms with van der Waals surface area (Å²) in [6.45, 7) is 32.9. The van der Waals surface area contributed by atoms with Crippen LogP contribution < -0.4 is 147 Å². The van der Waals surface area contributed by atoms with Crippen LogP contribution >= 0.6 is 24.3 Å². The fourth-order valence-electron chi connectivity index (χ4n) is 33.7. The van der Waals surface area contributed by atoms with Crippen molar-refractivity contribution >= 4 is 30.7 Å². The molecule has 22 heteroatoms. The van der Waals surface area contributed by atoms with Crippen molar-refractivity contribution in [3.8, 4) is 69.5 Å². The van der Waals surface area contributed by atoms with Crippen LogP contribution in [-0.4, -0.2) is 154 Å². The Labute approximate surface area is 971 Å². The molecule has 770 valence electrons. The summed E-state index contributed by atoms with van der Waals surface area (Å²) >= 11 is 4.88. The second-order valence-corrected chi connectivity index (χ2v) is 49.7. The monoisotopic (exact) mass is 2080 g/mol. The molecule has 18 aliphatic rings. The molecule has 12 bridgehead atoms. The molecule has 9 aromatic carbocycles. The smallest absolute Gasteiger partial charge is 1.00 e. The molecule has 12 aliphatic carbocycles. The maximum Gasteiger partial charge on any atom is 1.00 e. The fraction of sp³-hybridized carbons (Fsp3) is 0.544. The first-order valence-electron chi connectivity index (χ1n) is 54.6. The Bertz CT molecular complexity index is 6220. The number of fused-ring (bicyclic) bond motifs is 3. The number of carbonyl (C=O) groups excluding carboxylic acids is 1. The molecule has 9 saturated carbocycles. The SMILES string of the molecule is COc1ccc2c(c1Oc1ccc(C(C)(C)C)cc1)C13CCN(CC4CC4)C(C2)C12CCC1C3C(CN1COOc1ccccc1)C2.COc1ccc2c(c1Oc1ccc(C(C)(C)C)cc1)C13CCN(CC4CC4)C(C2)C12CCC1C3C(CN1Cc1ccccc1)C2.COc1ccc2c(c1Oc1ccc(C(C)(C)C)cc1)C13CCN(CC4CC4)C(C2)C12CCC1NCC(C2)C13.Cl.ClOC#Cc1ccccc1.O=CO[O-].[H-].[K+].[K+]. The van der Waals surface area contributed by atoms with Crippen LogP contribution in [0.25, 0.3) is 0 Å². The predicted octanol–water partition coefficient (Wildman–Crippen LogP) is 18.1. The minimum absolute atomic E-state index is 0. The molecule has 6 aliphatic heterocycles. The molecule has 6 heterocycles. The summed E-state index contributed by atoms with van der Waals surface area (Å²) in [7, 11) is 5.45. The number of methoxy groups -OCH3 is 3. The van der Waals surface area contributed by atoms with Gasteiger partial charge in [0.15, 0.2) is 40.2 Å². The van der Waals surface area contributed by atoms with E-state index in [1.165, 1.54) is 230 Å². The molecular formula is C125H152Cl2K2N6O12. The number of nitrogens with zero attached hydrogens (tertiary/aromatic N) is 5. The topological polar surface area (TPSA) is 161 Å². The molecule has 6 saturated heterocycles. The van der Waals surface area contributed by atoms with Crippen LogP contribution in [0.1, 0.15) is 241 Å². The number of benzene rings is 9. The minimum atomic E-state index is -0.181. The Kier molecular flexibility index (Phi) is 31.7. The number of rotatable bonds is 22. The van der Waals surface area contributed by atoms with E-state index >= 15 is 0 Å². The summed E-state index contributed by atoms with van der Waals surface area (Å²) in [4.78, 5) is 37.3. The van der Waals surface area contributed by atoms with Crippen molar-refractivity contribution in [2.45, 2.75) is 272 Å². The first-order valence-corrected chi connectivity index (χ1v) is 55.0. The Morgan fingerprint density at radius 3 is 1.18 bits per heavy atom. The average molecular weight is 2080 g/mol. The number of ether oxygens (including phenoxy) is 6. The van der Waals surface area contributed by atoms with Gasteiger partial charge in [0.1, 0.15) is 42.0 Å². The van der Waals surface area contributed by atoms with Gasteiger partial charge in [-0.3, -0.25) is 29.3 Å². The van der Waals surface area contributed by atoms with Gasteiger partial charge in [0.25, 0.3) is 6.47 Å². The minimum Gasteiger partial charge on any atom is -1.00 e. The number of likely N-dealkylation sites (tertiary alicyclic amines) is 5. The van der Waals surface area contributed by atoms with Crippen molar-refractivity contribution in [1.82, 2.24) is 29.8 Å². The fourth-order valence-corrected chi connectivity index (χ4v) is 33.7. The number of para-hydroxylation sites is 1. The van der Waals surface area contributed by atoms with Crippen LogP contribution in [0.2, 0.25) is 0 Å². The standard InChI is InChI=1S/C41H50N2O4.C41H50N2O2.C34H44N2O2.C8H5ClO.CH2O3.ClH.2K.H/c1-39(2,3)30-13-15-31(16-14-30)46-38-34(44-4)17-12-28-22-35-40-19-18-33-36(41(40,37(28)38)20-21-42(35)24-27-10-11-27)29(23-40)25-43(33)26-45-47-32-8-6-5-7-9-32;1-39(2,3)31-13-15-32(16-14-31)45-38-34(44-4)17-12-29-22-35-40-19-18-33-36(30(23-40)26-43(33)25-27-8-6-5-7-9-27)41(40,37(29)38)20-21-42(35)24-28-10-11-28;1-32(2,3)24-8-10-25(11-9-24)38-31-27(37-4)12-7-22-17-28-33-14-13-26-29(23(18-33)19-35-26)34(33,30(22)31)15-16-36(28)20-21-5-6-21;9-10-7-6-8-4-2-1-3-5-8;2-1-4-3;;;;/h5-9,12-17,27,29,33,35-36H,10-11,18-26H2,1-4H3;5-9,12-17,28,30,33,35-36H,10-11,18-26H2,1-4H3;7-12,21,23,26,28-29,35H,5-6,13-20H2,1-4H3;1-5H;1,3H;1H;;;/q;;;;;;2*+1;-1/p-1. The summed E-state index contributed by atoms with van der Waals surface area (Å²) < 4.78 is 43.5. The Morgan fingerprint density at radius 2 is 0.803 bits per heavy atom. The van der Waals surface area contributed by atoms with Gasteiger partial charge in [-0.1, -0.05) is 184 Å². The van der Waals surface area contributed by atoms with Crippen LogP contribution in [0.3, 0.4) is 0 Å². The van der Waals surface area contributed by atoms with Crippen molar-refractivity contribution in [3.63, 3.8) is 0 Å². The van der Waals surface area contributed by atoms with Gasteiger partial charge in [-0.15, -0.1) is 12.4 Å². The average Bonchev–Trinajstić information content (AvgIpc) is 1.50. The van der Waals surface area contributed by atoms with Gasteiger partial charge in [-0.25, -0.2) is 0 Å². The van der Waals surface area contributed by atoms with Gasteiger partial charge < -0.3 is 54.5 Å². The number of halogens is 2. The first kappa shape index (κ1) is 108. The molecule has 18 atom stereocenters. The summed E-state index contributed by atoms with van der Waals surface area (Å²) in [5, 5.41) is 12.4. The maximum absolute atomic E-state index is 8.64. The van der Waals surface area contributed by atoms with Crippen LogP contribution in [0.5, 0.6) is 57.5 Å². The van der Waals surface area contributed by atoms with E-state index in [0.29, 0.717) is 71.6 Å². The summed E-state index contributed by atoms with van der Waals surface area (Å²) in [6.07, 6.45) is 30.0. The van der Waals surface area contributed by atoms with E-state index in [-0.39, 0.29) is 161 Å². The summed E-state index contributed by atoms with van der Waals surface area (Å²) in [6, 6.07) is 74.4. The van der Waals surface area contributed by atoms with Gasteiger partial charge in [0, 0.05) is 114 Å². The van der Waals surface area contributed by atoms with Gasteiger partial charge in [-0.2, -0.15) is 4.89 Å². The molecule has 147 heavy (non-hydrogen) atoms. The largest absolute Gasteiger partial charge is 1.00 e. The van der Waals surface area contributed by atoms with Gasteiger partial charge in [0.2, 0.25) is 0 Å². The van der Waals surface area contributed by atoms with Crippen molar-refractivity contribution in [3.05, 3.63) is 261 Å². The Hall–Kier alpha value is -6.06. The quantitative estimate of drug-likeness (QED) is 0.0224. The molecule has 27 rings (SSSR count). The van der Waals surface area contributed by atoms with Crippen molar-refractivity contribution in [2.24, 2.45) is 69.5 Å². The van der Waals surface area contributed by atoms with Crippen molar-refractivity contribution in [2.75, 3.05) is 87.0 Å². The van der Waals surface area contributed by atoms with Crippen LogP contribution in [0.15, 0.2) is 200 Å². The van der Waals surface area contributed by atoms with E-state index in [9.17, 15) is 0 Å². The summed E-state index contributed by atoms with van der Waals surface area (Å²) in [5.41, 5.74) is 17.1. The van der Waals surface area contributed by atoms with Crippen molar-refractivity contribution in [1.29, 1.82) is 0 Å². The molecule has 18 nitrogen and oxygen atoms in total. The van der Waals surface area contributed by atoms with Crippen LogP contribution in [0.4, 0.5) is 0 Å². The zero-order chi connectivity index (χ0) is 99.0. The van der Waals surface area contributed by atoms with E-state index in [2.05, 4.69) is 253 Å². The molecule has 0 spiro atoms. The molecule has 0 aromatic heterocycles. The number of nitrogens with one attached hydrogen (secondary N) is 1. The first-order chi connectivity index (χ1) is 69.8. The van der Waals surface area contributed by atoms with E-state index < -0.39 is 0 Å². The maximum atomic E-state index is 8.64. The van der Waals surface area contributed by atoms with Gasteiger partial charge in [-0.05, 0) is 370 Å². The number of hydrogen-bond acceptors (Lipinski definition) is 18. The molecule has 15 fully saturated rings. The molecule has 0 radical (unpaired) electrons. The second kappa shape index (κ2) is 43.2. The molecule has 0 amide bonds. The second-order valence-electron chi connectivity index (χ2n) is 49.6. The molecular weight excluding hydrogens is 1930 g/mol. The van der Waals surface area contributed by atoms with E-state index in [0.717, 1.165) is 124 Å². The van der Waals surface area contributed by atoms with Gasteiger partial charge in [0.05, 0.1) is 21.3 Å². The number of piperidine rings is 3. The van der Waals surface area contributed by atoms with E-state index in [4.69, 9.17) is 60.1 Å². The normalized spacial score (nSPS) is 30.9. The molecule has 18 unspecified atom stereocenters. The third kappa shape index (κ3) is 19.2. The van der Waals surface area contributed by atoms with Crippen LogP contribution in [-0.2, 0) is 77.2 Å². The summed E-state index contributed by atoms with van der Waals surface area (Å²) in [5.74, 6) is 18.8. The third-order valence-electron chi connectivity index (χ3n) is 39.5. The third-order valence-corrected chi connectivity index (χ3v) is 39.6. The number of hydrogen-bond donors (Lipinski definition) is 1. The van der Waals surface area contributed by atoms with E-state index in [1.807, 2.05) is 74.9 Å². The molecule has 9 aromatic rings. The zero-order valence-corrected chi connectivity index (χ0v) is 97.2. The van der Waals surface area contributed by atoms with E-state index in [1.54, 1.807) is 7.11 Å². The van der Waals surface area contributed by atoms with Crippen molar-refractivity contribution < 1.29 is 162 Å². The number of carbonyl (C=O) groups is 1.